The van der Waals surface area contributed by atoms with E-state index in [2.05, 4.69) is 61.3 Å². The number of hydrogen-bond donors (Lipinski definition) is 3. The number of benzene rings is 2. The van der Waals surface area contributed by atoms with E-state index in [1.54, 1.807) is 0 Å². The Bertz CT molecular complexity index is 1190. The number of H-pyrrole nitrogens is 2. The zero-order chi connectivity index (χ0) is 17.5. The largest absolute Gasteiger partial charge is 0.378 e. The summed E-state index contributed by atoms with van der Waals surface area (Å²) in [4.78, 5) is 0. The van der Waals surface area contributed by atoms with Crippen LogP contribution in [0.3, 0.4) is 0 Å². The fraction of sp³-hybridized carbons (Fsp3) is 0.381. The summed E-state index contributed by atoms with van der Waals surface area (Å²) in [5, 5.41) is 23.9. The van der Waals surface area contributed by atoms with Crippen molar-refractivity contribution in [2.24, 2.45) is 17.8 Å². The first-order valence-corrected chi connectivity index (χ1v) is 9.90. The van der Waals surface area contributed by atoms with Crippen molar-refractivity contribution in [3.63, 3.8) is 0 Å². The second-order valence-electron chi connectivity index (χ2n) is 8.49. The molecule has 6 heteroatoms. The first kappa shape index (κ1) is 14.2. The third-order valence-corrected chi connectivity index (χ3v) is 7.38. The molecular weight excluding hydrogens is 336 g/mol. The van der Waals surface area contributed by atoms with Crippen molar-refractivity contribution in [3.8, 4) is 0 Å². The fourth-order valence-corrected chi connectivity index (χ4v) is 6.39. The smallest absolute Gasteiger partial charge is 0.113 e. The Balaban J connectivity index is 1.44. The van der Waals surface area contributed by atoms with Crippen LogP contribution < -0.4 is 5.32 Å². The lowest BCUT2D eigenvalue weighted by Gasteiger charge is -2.43. The van der Waals surface area contributed by atoms with Gasteiger partial charge in [0.2, 0.25) is 0 Å². The number of hydrogen-bond acceptors (Lipinski definition) is 4. The minimum absolute atomic E-state index is 0.336. The maximum atomic E-state index is 4.32. The highest BCUT2D eigenvalue weighted by atomic mass is 15.3. The molecule has 2 bridgehead atoms. The van der Waals surface area contributed by atoms with E-state index < -0.39 is 0 Å². The van der Waals surface area contributed by atoms with Gasteiger partial charge in [0.05, 0.1) is 17.8 Å². The summed E-state index contributed by atoms with van der Waals surface area (Å²) in [6, 6.07) is 11.3. The van der Waals surface area contributed by atoms with Crippen LogP contribution >= 0.6 is 0 Å². The molecule has 6 nitrogen and oxygen atoms in total. The van der Waals surface area contributed by atoms with Gasteiger partial charge in [-0.3, -0.25) is 5.10 Å². The third kappa shape index (κ3) is 1.78. The molecule has 27 heavy (non-hydrogen) atoms. The van der Waals surface area contributed by atoms with Gasteiger partial charge in [-0.1, -0.05) is 6.07 Å². The van der Waals surface area contributed by atoms with Gasteiger partial charge in [-0.05, 0) is 78.3 Å². The van der Waals surface area contributed by atoms with Crippen LogP contribution in [-0.4, -0.2) is 25.6 Å². The molecular formula is C21H20N6. The molecule has 2 aromatic heterocycles. The van der Waals surface area contributed by atoms with Crippen molar-refractivity contribution in [3.05, 3.63) is 47.7 Å². The standard InChI is InChI=1S/C21H20N6/c1-2-11-7-10(1)18-19(11)21(12-3-4-15-17(8-12)26-27-25-15)23-16-6-5-14-13(20(16)18)9-22-24-14/h3-6,8-11,18-19,21,23H,1-2,7H2,(H,22,24)(H,25,26,27). The second kappa shape index (κ2) is 4.88. The number of nitrogens with one attached hydrogen (secondary N) is 3. The first-order valence-electron chi connectivity index (χ1n) is 9.90. The van der Waals surface area contributed by atoms with Gasteiger partial charge in [0.25, 0.3) is 0 Å². The molecule has 7 rings (SSSR count). The van der Waals surface area contributed by atoms with Crippen LogP contribution in [0, 0.1) is 17.8 Å². The fourth-order valence-electron chi connectivity index (χ4n) is 6.39. The molecule has 134 valence electrons. The van der Waals surface area contributed by atoms with Gasteiger partial charge in [0, 0.05) is 11.1 Å². The molecule has 2 aromatic carbocycles. The molecule has 0 spiro atoms. The molecule has 2 fully saturated rings. The highest BCUT2D eigenvalue weighted by molar-refractivity contribution is 5.88. The number of rotatable bonds is 1. The Morgan fingerprint density at radius 2 is 1.89 bits per heavy atom. The topological polar surface area (TPSA) is 82.3 Å². The van der Waals surface area contributed by atoms with E-state index >= 15 is 0 Å². The molecule has 0 radical (unpaired) electrons. The molecule has 2 aliphatic carbocycles. The van der Waals surface area contributed by atoms with E-state index in [0.717, 1.165) is 28.4 Å². The molecule has 3 N–H and O–H groups in total. The Kier molecular flexibility index (Phi) is 2.57. The van der Waals surface area contributed by atoms with Crippen LogP contribution in [0.1, 0.15) is 42.3 Å². The van der Waals surface area contributed by atoms with Crippen LogP contribution in [-0.2, 0) is 0 Å². The van der Waals surface area contributed by atoms with E-state index in [4.69, 9.17) is 0 Å². The van der Waals surface area contributed by atoms with Gasteiger partial charge in [0.15, 0.2) is 0 Å². The summed E-state index contributed by atoms with van der Waals surface area (Å²) in [6.45, 7) is 0. The van der Waals surface area contributed by atoms with E-state index in [1.165, 1.54) is 41.5 Å². The molecule has 3 heterocycles. The van der Waals surface area contributed by atoms with Crippen LogP contribution in [0.4, 0.5) is 5.69 Å². The highest BCUT2D eigenvalue weighted by Crippen LogP contribution is 2.64. The monoisotopic (exact) mass is 356 g/mol. The maximum absolute atomic E-state index is 4.32. The zero-order valence-corrected chi connectivity index (χ0v) is 14.8. The number of aromatic nitrogens is 5. The summed E-state index contributed by atoms with van der Waals surface area (Å²) >= 11 is 0. The van der Waals surface area contributed by atoms with Crippen LogP contribution in [0.2, 0.25) is 0 Å². The van der Waals surface area contributed by atoms with Crippen LogP contribution in [0.5, 0.6) is 0 Å². The molecule has 2 saturated carbocycles. The predicted molar refractivity (Wildman–Crippen MR) is 103 cm³/mol. The van der Waals surface area contributed by atoms with E-state index in [1.807, 2.05) is 6.20 Å². The van der Waals surface area contributed by atoms with E-state index in [-0.39, 0.29) is 0 Å². The Hall–Kier alpha value is -2.89. The molecule has 3 aliphatic rings. The Morgan fingerprint density at radius 3 is 2.89 bits per heavy atom. The van der Waals surface area contributed by atoms with Crippen molar-refractivity contribution < 1.29 is 0 Å². The van der Waals surface area contributed by atoms with Crippen LogP contribution in [0.15, 0.2) is 36.5 Å². The van der Waals surface area contributed by atoms with Crippen molar-refractivity contribution in [2.45, 2.75) is 31.2 Å². The van der Waals surface area contributed by atoms with E-state index in [9.17, 15) is 0 Å². The van der Waals surface area contributed by atoms with Crippen molar-refractivity contribution in [1.29, 1.82) is 0 Å². The average molecular weight is 356 g/mol. The summed E-state index contributed by atoms with van der Waals surface area (Å²) in [5.41, 5.74) is 7.14. The van der Waals surface area contributed by atoms with Crippen molar-refractivity contribution in [2.75, 3.05) is 5.32 Å². The van der Waals surface area contributed by atoms with Crippen molar-refractivity contribution in [1.82, 2.24) is 25.6 Å². The van der Waals surface area contributed by atoms with Gasteiger partial charge in [0.1, 0.15) is 11.0 Å². The van der Waals surface area contributed by atoms with Gasteiger partial charge in [-0.15, -0.1) is 0 Å². The summed E-state index contributed by atoms with van der Waals surface area (Å²) in [6.07, 6.45) is 6.12. The summed E-state index contributed by atoms with van der Waals surface area (Å²) in [5.74, 6) is 2.88. The third-order valence-electron chi connectivity index (χ3n) is 7.38. The molecule has 1 aliphatic heterocycles. The molecule has 4 aromatic rings. The maximum Gasteiger partial charge on any atom is 0.113 e. The minimum atomic E-state index is 0.336. The number of nitrogens with zero attached hydrogens (tertiary/aromatic N) is 3. The minimum Gasteiger partial charge on any atom is -0.378 e. The molecule has 5 atom stereocenters. The van der Waals surface area contributed by atoms with Crippen molar-refractivity contribution >= 4 is 27.6 Å². The Morgan fingerprint density at radius 1 is 0.963 bits per heavy atom. The zero-order valence-electron chi connectivity index (χ0n) is 14.8. The predicted octanol–water partition coefficient (Wildman–Crippen LogP) is 4.13. The molecule has 5 unspecified atom stereocenters. The number of anilines is 1. The summed E-state index contributed by atoms with van der Waals surface area (Å²) in [7, 11) is 0. The number of fused-ring (bicyclic) bond motifs is 10. The average Bonchev–Trinajstić information content (AvgIpc) is 3.49. The lowest BCUT2D eigenvalue weighted by Crippen LogP contribution is -2.35. The lowest BCUT2D eigenvalue weighted by atomic mass is 9.67. The highest BCUT2D eigenvalue weighted by Gasteiger charge is 2.54. The summed E-state index contributed by atoms with van der Waals surface area (Å²) < 4.78 is 0. The van der Waals surface area contributed by atoms with Crippen LogP contribution in [0.25, 0.3) is 21.9 Å². The van der Waals surface area contributed by atoms with Gasteiger partial charge in [-0.25, -0.2) is 0 Å². The normalized spacial score (nSPS) is 31.2. The molecule has 0 saturated heterocycles. The van der Waals surface area contributed by atoms with Gasteiger partial charge < -0.3 is 5.32 Å². The SMILES string of the molecule is c1cc2n[nH]nc2cc1C1Nc2ccc3[nH]ncc3c2C2C3CCC(C3)C12. The first-order chi connectivity index (χ1) is 13.4. The van der Waals surface area contributed by atoms with E-state index in [0.29, 0.717) is 17.9 Å². The van der Waals surface area contributed by atoms with Gasteiger partial charge >= 0.3 is 0 Å². The second-order valence-corrected chi connectivity index (χ2v) is 8.49. The number of aromatic amines is 2. The lowest BCUT2D eigenvalue weighted by molar-refractivity contribution is 0.249. The Labute approximate surface area is 155 Å². The van der Waals surface area contributed by atoms with Gasteiger partial charge in [-0.2, -0.15) is 20.5 Å². The molecule has 0 amide bonds. The quantitative estimate of drug-likeness (QED) is 0.479.